The van der Waals surface area contributed by atoms with Crippen LogP contribution in [-0.2, 0) is 0 Å². The molecule has 3 heteroatoms. The van der Waals surface area contributed by atoms with Crippen LogP contribution < -0.4 is 11.3 Å². The molecule has 1 aliphatic rings. The topological polar surface area (TPSA) is 38.0 Å². The van der Waals surface area contributed by atoms with Crippen molar-refractivity contribution < 1.29 is 0 Å². The van der Waals surface area contributed by atoms with Crippen molar-refractivity contribution in [2.24, 2.45) is 5.84 Å². The van der Waals surface area contributed by atoms with Gasteiger partial charge in [0, 0.05) is 0 Å². The average molecular weight is 132 g/mol. The van der Waals surface area contributed by atoms with E-state index in [2.05, 4.69) is 5.43 Å². The van der Waals surface area contributed by atoms with E-state index in [9.17, 15) is 0 Å². The van der Waals surface area contributed by atoms with Gasteiger partial charge in [-0.2, -0.15) is 0 Å². The first-order chi connectivity index (χ1) is 3.93. The van der Waals surface area contributed by atoms with E-state index in [0.29, 0.717) is 5.37 Å². The van der Waals surface area contributed by atoms with Crippen molar-refractivity contribution in [1.29, 1.82) is 0 Å². The van der Waals surface area contributed by atoms with Crippen LogP contribution >= 0.6 is 11.8 Å². The zero-order valence-electron chi connectivity index (χ0n) is 4.89. The van der Waals surface area contributed by atoms with Gasteiger partial charge in [0.2, 0.25) is 0 Å². The molecule has 0 aromatic heterocycles. The second kappa shape index (κ2) is 3.33. The van der Waals surface area contributed by atoms with Crippen molar-refractivity contribution in [3.05, 3.63) is 0 Å². The van der Waals surface area contributed by atoms with Crippen LogP contribution in [0.25, 0.3) is 0 Å². The van der Waals surface area contributed by atoms with Gasteiger partial charge in [0.15, 0.2) is 0 Å². The second-order valence-corrected chi connectivity index (χ2v) is 3.33. The number of hydrogen-bond donors (Lipinski definition) is 2. The molecule has 0 saturated carbocycles. The van der Waals surface area contributed by atoms with Crippen molar-refractivity contribution in [3.8, 4) is 0 Å². The highest BCUT2D eigenvalue weighted by molar-refractivity contribution is 7.99. The van der Waals surface area contributed by atoms with Crippen LogP contribution in [0.3, 0.4) is 0 Å². The fourth-order valence-electron chi connectivity index (χ4n) is 0.872. The van der Waals surface area contributed by atoms with Crippen LogP contribution in [0, 0.1) is 0 Å². The van der Waals surface area contributed by atoms with Gasteiger partial charge in [-0.15, -0.1) is 11.8 Å². The molecule has 2 nitrogen and oxygen atoms in total. The SMILES string of the molecule is NNC1CCCCS1. The van der Waals surface area contributed by atoms with E-state index < -0.39 is 0 Å². The Bertz CT molecular complexity index is 61.4. The number of thioether (sulfide) groups is 1. The van der Waals surface area contributed by atoms with Gasteiger partial charge in [-0.25, -0.2) is 5.43 Å². The summed E-state index contributed by atoms with van der Waals surface area (Å²) >= 11 is 1.93. The Morgan fingerprint density at radius 3 is 2.75 bits per heavy atom. The third-order valence-electron chi connectivity index (χ3n) is 1.37. The normalized spacial score (nSPS) is 30.4. The minimum atomic E-state index is 0.531. The van der Waals surface area contributed by atoms with Gasteiger partial charge in [0.1, 0.15) is 0 Å². The molecule has 8 heavy (non-hydrogen) atoms. The van der Waals surface area contributed by atoms with E-state index >= 15 is 0 Å². The lowest BCUT2D eigenvalue weighted by molar-refractivity contribution is 0.584. The lowest BCUT2D eigenvalue weighted by Gasteiger charge is -2.19. The van der Waals surface area contributed by atoms with Gasteiger partial charge in [-0.1, -0.05) is 6.42 Å². The molecule has 0 amide bonds. The predicted octanol–water partition coefficient (Wildman–Crippen LogP) is 0.693. The summed E-state index contributed by atoms with van der Waals surface area (Å²) in [6.07, 6.45) is 3.94. The van der Waals surface area contributed by atoms with Gasteiger partial charge in [-0.3, -0.25) is 5.84 Å². The molecule has 1 rings (SSSR count). The summed E-state index contributed by atoms with van der Waals surface area (Å²) < 4.78 is 0. The Balaban J connectivity index is 2.13. The first-order valence-corrected chi connectivity index (χ1v) is 4.06. The van der Waals surface area contributed by atoms with Crippen molar-refractivity contribution in [3.63, 3.8) is 0 Å². The molecule has 1 saturated heterocycles. The second-order valence-electron chi connectivity index (χ2n) is 2.02. The van der Waals surface area contributed by atoms with Crippen LogP contribution in [0.5, 0.6) is 0 Å². The van der Waals surface area contributed by atoms with E-state index in [1.54, 1.807) is 0 Å². The molecule has 0 bridgehead atoms. The van der Waals surface area contributed by atoms with Gasteiger partial charge >= 0.3 is 0 Å². The maximum absolute atomic E-state index is 5.23. The third kappa shape index (κ3) is 1.65. The quantitative estimate of drug-likeness (QED) is 0.407. The molecule has 1 heterocycles. The maximum atomic E-state index is 5.23. The third-order valence-corrected chi connectivity index (χ3v) is 2.66. The Hall–Kier alpha value is 0.270. The van der Waals surface area contributed by atoms with Crippen LogP contribution in [0.2, 0.25) is 0 Å². The monoisotopic (exact) mass is 132 g/mol. The Kier molecular flexibility index (Phi) is 2.66. The fraction of sp³-hybridized carbons (Fsp3) is 1.00. The Morgan fingerprint density at radius 1 is 1.50 bits per heavy atom. The Labute approximate surface area is 54.2 Å². The van der Waals surface area contributed by atoms with Crippen molar-refractivity contribution >= 4 is 11.8 Å². The summed E-state index contributed by atoms with van der Waals surface area (Å²) in [4.78, 5) is 0. The summed E-state index contributed by atoms with van der Waals surface area (Å²) in [6.45, 7) is 0. The van der Waals surface area contributed by atoms with Crippen molar-refractivity contribution in [1.82, 2.24) is 5.43 Å². The van der Waals surface area contributed by atoms with Gasteiger partial charge < -0.3 is 0 Å². The van der Waals surface area contributed by atoms with E-state index in [0.717, 1.165) is 0 Å². The molecule has 0 spiro atoms. The predicted molar refractivity (Wildman–Crippen MR) is 37.4 cm³/mol. The summed E-state index contributed by atoms with van der Waals surface area (Å²) in [6, 6.07) is 0. The molecule has 48 valence electrons. The summed E-state index contributed by atoms with van der Waals surface area (Å²) in [7, 11) is 0. The van der Waals surface area contributed by atoms with Crippen LogP contribution in [-0.4, -0.2) is 11.1 Å². The van der Waals surface area contributed by atoms with Gasteiger partial charge in [0.25, 0.3) is 0 Å². The van der Waals surface area contributed by atoms with E-state index in [4.69, 9.17) is 5.84 Å². The maximum Gasteiger partial charge on any atom is 0.0663 e. The minimum absolute atomic E-state index is 0.531. The Morgan fingerprint density at radius 2 is 2.38 bits per heavy atom. The molecular weight excluding hydrogens is 120 g/mol. The van der Waals surface area contributed by atoms with E-state index in [-0.39, 0.29) is 0 Å². The summed E-state index contributed by atoms with van der Waals surface area (Å²) in [5.41, 5.74) is 2.77. The van der Waals surface area contributed by atoms with Gasteiger partial charge in [0.05, 0.1) is 5.37 Å². The van der Waals surface area contributed by atoms with Crippen LogP contribution in [0.1, 0.15) is 19.3 Å². The number of nitrogens with one attached hydrogen (secondary N) is 1. The molecule has 1 unspecified atom stereocenters. The zero-order chi connectivity index (χ0) is 5.82. The molecule has 1 aliphatic heterocycles. The molecule has 0 aromatic rings. The fourth-order valence-corrected chi connectivity index (χ4v) is 1.96. The zero-order valence-corrected chi connectivity index (χ0v) is 5.71. The average Bonchev–Trinajstić information content (AvgIpc) is 1.90. The van der Waals surface area contributed by atoms with E-state index in [1.807, 2.05) is 11.8 Å². The highest BCUT2D eigenvalue weighted by Crippen LogP contribution is 2.21. The molecule has 3 N–H and O–H groups in total. The number of hydrogen-bond acceptors (Lipinski definition) is 3. The largest absolute Gasteiger partial charge is 0.270 e. The molecule has 0 aromatic carbocycles. The molecule has 0 radical (unpaired) electrons. The van der Waals surface area contributed by atoms with Gasteiger partial charge in [-0.05, 0) is 18.6 Å². The smallest absolute Gasteiger partial charge is 0.0663 e. The van der Waals surface area contributed by atoms with E-state index in [1.165, 1.54) is 25.0 Å². The number of nitrogens with two attached hydrogens (primary N) is 1. The highest BCUT2D eigenvalue weighted by Gasteiger charge is 2.10. The molecular formula is C5H12N2S. The van der Waals surface area contributed by atoms with Crippen LogP contribution in [0.4, 0.5) is 0 Å². The number of rotatable bonds is 1. The lowest BCUT2D eigenvalue weighted by Crippen LogP contribution is -2.34. The van der Waals surface area contributed by atoms with Crippen LogP contribution in [0.15, 0.2) is 0 Å². The molecule has 1 atom stereocenters. The first-order valence-electron chi connectivity index (χ1n) is 3.01. The number of hydrazine groups is 1. The van der Waals surface area contributed by atoms with Crippen molar-refractivity contribution in [2.45, 2.75) is 24.6 Å². The minimum Gasteiger partial charge on any atom is -0.270 e. The highest BCUT2D eigenvalue weighted by atomic mass is 32.2. The molecule has 1 fully saturated rings. The summed E-state index contributed by atoms with van der Waals surface area (Å²) in [5, 5.41) is 0.531. The standard InChI is InChI=1S/C5H12N2S/c6-7-5-3-1-2-4-8-5/h5,7H,1-4,6H2. The lowest BCUT2D eigenvalue weighted by atomic mass is 10.2. The molecule has 0 aliphatic carbocycles. The van der Waals surface area contributed by atoms with Crippen molar-refractivity contribution in [2.75, 3.05) is 5.75 Å². The summed E-state index contributed by atoms with van der Waals surface area (Å²) in [5.74, 6) is 6.51. The first kappa shape index (κ1) is 6.39.